The van der Waals surface area contributed by atoms with Gasteiger partial charge in [0.1, 0.15) is 6.10 Å². The van der Waals surface area contributed by atoms with Gasteiger partial charge in [0, 0.05) is 39.3 Å². The predicted octanol–water partition coefficient (Wildman–Crippen LogP) is 1.61. The van der Waals surface area contributed by atoms with E-state index in [0.717, 1.165) is 31.1 Å². The van der Waals surface area contributed by atoms with Crippen LogP contribution in [0.15, 0.2) is 18.3 Å². The van der Waals surface area contributed by atoms with Crippen molar-refractivity contribution in [2.24, 2.45) is 0 Å². The number of nitrogens with zero attached hydrogens (tertiary/aromatic N) is 4. The van der Waals surface area contributed by atoms with Crippen LogP contribution in [-0.4, -0.2) is 73.1 Å². The lowest BCUT2D eigenvalue weighted by molar-refractivity contribution is -0.131. The molecular weight excluding hydrogens is 304 g/mol. The van der Waals surface area contributed by atoms with Crippen LogP contribution in [0.3, 0.4) is 0 Å². The fourth-order valence-corrected chi connectivity index (χ4v) is 3.25. The first kappa shape index (κ1) is 17.0. The molecule has 132 valence electrons. The molecule has 1 saturated heterocycles. The Morgan fingerprint density at radius 1 is 1.38 bits per heavy atom. The number of rotatable bonds is 7. The molecule has 1 aromatic rings. The Morgan fingerprint density at radius 3 is 2.83 bits per heavy atom. The molecule has 1 amide bonds. The molecule has 1 saturated carbocycles. The first-order chi connectivity index (χ1) is 11.6. The number of pyridine rings is 1. The van der Waals surface area contributed by atoms with Gasteiger partial charge in [0.15, 0.2) is 11.6 Å². The maximum Gasteiger partial charge on any atom is 0.236 e. The third-order valence-corrected chi connectivity index (χ3v) is 4.77. The van der Waals surface area contributed by atoms with Crippen molar-refractivity contribution >= 4 is 11.7 Å². The van der Waals surface area contributed by atoms with Crippen LogP contribution in [0.1, 0.15) is 26.2 Å². The van der Waals surface area contributed by atoms with Gasteiger partial charge in [0.2, 0.25) is 5.91 Å². The second kappa shape index (κ2) is 7.38. The van der Waals surface area contributed by atoms with Gasteiger partial charge in [-0.05, 0) is 31.5 Å². The summed E-state index contributed by atoms with van der Waals surface area (Å²) in [7, 11) is 3.91. The van der Waals surface area contributed by atoms with E-state index in [2.05, 4.69) is 16.8 Å². The van der Waals surface area contributed by atoms with Crippen LogP contribution in [0.2, 0.25) is 0 Å². The highest BCUT2D eigenvalue weighted by Gasteiger charge is 2.33. The number of ether oxygens (including phenoxy) is 1. The molecule has 3 rings (SSSR count). The number of likely N-dealkylation sites (N-methyl/N-ethyl adjacent to an activating group) is 1. The van der Waals surface area contributed by atoms with E-state index in [4.69, 9.17) is 4.74 Å². The Hall–Kier alpha value is -1.82. The Bertz CT molecular complexity index is 574. The van der Waals surface area contributed by atoms with Gasteiger partial charge in [-0.15, -0.1) is 0 Å². The quantitative estimate of drug-likeness (QED) is 0.759. The standard InChI is InChI=1S/C18H28N4O2/c1-4-21(14-7-8-14)13-17(23)22-11-9-15(12-22)24-16-6-5-10-19-18(16)20(2)3/h5-6,10,14-15H,4,7-9,11-13H2,1-3H3/t15-/m0/s1. The Labute approximate surface area is 144 Å². The Balaban J connectivity index is 1.54. The summed E-state index contributed by atoms with van der Waals surface area (Å²) in [6.07, 6.45) is 5.17. The summed E-state index contributed by atoms with van der Waals surface area (Å²) in [6.45, 7) is 5.08. The SMILES string of the molecule is CCN(CC(=O)N1CC[C@H](Oc2cccnc2N(C)C)C1)C1CC1. The topological polar surface area (TPSA) is 48.9 Å². The zero-order valence-corrected chi connectivity index (χ0v) is 14.9. The monoisotopic (exact) mass is 332 g/mol. The minimum Gasteiger partial charge on any atom is -0.485 e. The molecular formula is C18H28N4O2. The maximum atomic E-state index is 12.5. The fraction of sp³-hybridized carbons (Fsp3) is 0.667. The summed E-state index contributed by atoms with van der Waals surface area (Å²) in [5, 5.41) is 0. The van der Waals surface area contributed by atoms with Crippen molar-refractivity contribution in [2.45, 2.75) is 38.3 Å². The van der Waals surface area contributed by atoms with Gasteiger partial charge in [-0.2, -0.15) is 0 Å². The molecule has 0 unspecified atom stereocenters. The molecule has 24 heavy (non-hydrogen) atoms. The molecule has 1 aliphatic carbocycles. The number of likely N-dealkylation sites (tertiary alicyclic amines) is 1. The zero-order chi connectivity index (χ0) is 17.1. The third kappa shape index (κ3) is 3.98. The minimum atomic E-state index is 0.0489. The van der Waals surface area contributed by atoms with E-state index in [1.54, 1.807) is 6.20 Å². The first-order valence-corrected chi connectivity index (χ1v) is 8.89. The van der Waals surface area contributed by atoms with Crippen LogP contribution >= 0.6 is 0 Å². The van der Waals surface area contributed by atoms with Gasteiger partial charge >= 0.3 is 0 Å². The molecule has 2 fully saturated rings. The number of aromatic nitrogens is 1. The molecule has 6 nitrogen and oxygen atoms in total. The Kier molecular flexibility index (Phi) is 5.23. The molecule has 6 heteroatoms. The van der Waals surface area contributed by atoms with Crippen LogP contribution in [0.25, 0.3) is 0 Å². The maximum absolute atomic E-state index is 12.5. The van der Waals surface area contributed by atoms with Gasteiger partial charge in [-0.1, -0.05) is 6.92 Å². The van der Waals surface area contributed by atoms with E-state index in [1.165, 1.54) is 12.8 Å². The van der Waals surface area contributed by atoms with Crippen LogP contribution in [0.5, 0.6) is 5.75 Å². The van der Waals surface area contributed by atoms with E-state index in [-0.39, 0.29) is 12.0 Å². The van der Waals surface area contributed by atoms with Crippen LogP contribution < -0.4 is 9.64 Å². The van der Waals surface area contributed by atoms with E-state index in [9.17, 15) is 4.79 Å². The summed E-state index contributed by atoms with van der Waals surface area (Å²) in [5.41, 5.74) is 0. The van der Waals surface area contributed by atoms with E-state index in [0.29, 0.717) is 19.1 Å². The van der Waals surface area contributed by atoms with Gasteiger partial charge < -0.3 is 14.5 Å². The van der Waals surface area contributed by atoms with E-state index in [1.807, 2.05) is 36.0 Å². The van der Waals surface area contributed by atoms with Crippen molar-refractivity contribution in [3.05, 3.63) is 18.3 Å². The first-order valence-electron chi connectivity index (χ1n) is 8.89. The molecule has 0 bridgehead atoms. The van der Waals surface area contributed by atoms with E-state index >= 15 is 0 Å². The third-order valence-electron chi connectivity index (χ3n) is 4.77. The summed E-state index contributed by atoms with van der Waals surface area (Å²) in [5.74, 6) is 1.84. The van der Waals surface area contributed by atoms with Gasteiger partial charge in [0.05, 0.1) is 13.1 Å². The molecule has 2 aliphatic rings. The lowest BCUT2D eigenvalue weighted by Gasteiger charge is -2.24. The number of carbonyl (C=O) groups is 1. The highest BCUT2D eigenvalue weighted by atomic mass is 16.5. The number of hydrogen-bond donors (Lipinski definition) is 0. The molecule has 0 aromatic carbocycles. The number of anilines is 1. The average molecular weight is 332 g/mol. The van der Waals surface area contributed by atoms with Crippen molar-refractivity contribution in [3.63, 3.8) is 0 Å². The summed E-state index contributed by atoms with van der Waals surface area (Å²) in [6, 6.07) is 4.46. The summed E-state index contributed by atoms with van der Waals surface area (Å²) in [4.78, 5) is 23.1. The largest absolute Gasteiger partial charge is 0.485 e. The van der Waals surface area contributed by atoms with Crippen molar-refractivity contribution in [1.82, 2.24) is 14.8 Å². The van der Waals surface area contributed by atoms with Gasteiger partial charge in [-0.25, -0.2) is 4.98 Å². The fourth-order valence-electron chi connectivity index (χ4n) is 3.25. The van der Waals surface area contributed by atoms with Crippen LogP contribution in [0.4, 0.5) is 5.82 Å². The highest BCUT2D eigenvalue weighted by molar-refractivity contribution is 5.78. The summed E-state index contributed by atoms with van der Waals surface area (Å²) >= 11 is 0. The molecule has 0 radical (unpaired) electrons. The molecule has 1 aliphatic heterocycles. The number of hydrogen-bond acceptors (Lipinski definition) is 5. The summed E-state index contributed by atoms with van der Waals surface area (Å²) < 4.78 is 6.13. The van der Waals surface area contributed by atoms with Gasteiger partial charge in [0.25, 0.3) is 0 Å². The molecule has 0 N–H and O–H groups in total. The average Bonchev–Trinajstić information content (AvgIpc) is 3.31. The predicted molar refractivity (Wildman–Crippen MR) is 94.4 cm³/mol. The zero-order valence-electron chi connectivity index (χ0n) is 14.9. The minimum absolute atomic E-state index is 0.0489. The molecule has 1 atom stereocenters. The van der Waals surface area contributed by atoms with Crippen molar-refractivity contribution < 1.29 is 9.53 Å². The van der Waals surface area contributed by atoms with Crippen molar-refractivity contribution in [1.29, 1.82) is 0 Å². The number of carbonyl (C=O) groups excluding carboxylic acids is 1. The van der Waals surface area contributed by atoms with Gasteiger partial charge in [-0.3, -0.25) is 9.69 Å². The highest BCUT2D eigenvalue weighted by Crippen LogP contribution is 2.28. The Morgan fingerprint density at radius 2 is 2.17 bits per heavy atom. The van der Waals surface area contributed by atoms with Crippen molar-refractivity contribution in [3.8, 4) is 5.75 Å². The molecule has 1 aromatic heterocycles. The number of amides is 1. The van der Waals surface area contributed by atoms with Crippen LogP contribution in [-0.2, 0) is 4.79 Å². The second-order valence-electron chi connectivity index (χ2n) is 6.88. The smallest absolute Gasteiger partial charge is 0.236 e. The van der Waals surface area contributed by atoms with Crippen LogP contribution in [0, 0.1) is 0 Å². The normalized spacial score (nSPS) is 20.5. The lowest BCUT2D eigenvalue weighted by atomic mass is 10.3. The molecule has 2 heterocycles. The van der Waals surface area contributed by atoms with Crippen molar-refractivity contribution in [2.75, 3.05) is 45.2 Å². The lowest BCUT2D eigenvalue weighted by Crippen LogP contribution is -2.40. The molecule has 0 spiro atoms. The van der Waals surface area contributed by atoms with E-state index < -0.39 is 0 Å². The second-order valence-corrected chi connectivity index (χ2v) is 6.88.